The number of carbonyl (C=O) groups is 1. The van der Waals surface area contributed by atoms with E-state index in [1.54, 1.807) is 6.07 Å². The Kier molecular flexibility index (Phi) is 5.67. The summed E-state index contributed by atoms with van der Waals surface area (Å²) in [6.45, 7) is -0.213. The lowest BCUT2D eigenvalue weighted by molar-refractivity contribution is 0.224. The minimum Gasteiger partial charge on any atom is -0.394 e. The van der Waals surface area contributed by atoms with E-state index in [9.17, 15) is 14.3 Å². The quantitative estimate of drug-likeness (QED) is 0.792. The number of nitrogens with zero attached hydrogens (tertiary/aromatic N) is 1. The number of nitriles is 1. The predicted molar refractivity (Wildman–Crippen MR) is 84.3 cm³/mol. The van der Waals surface area contributed by atoms with E-state index in [0.29, 0.717) is 12.1 Å². The molecule has 1 unspecified atom stereocenters. The van der Waals surface area contributed by atoms with Crippen LogP contribution in [0.15, 0.2) is 48.5 Å². The van der Waals surface area contributed by atoms with Gasteiger partial charge in [0.25, 0.3) is 0 Å². The van der Waals surface area contributed by atoms with Gasteiger partial charge in [-0.2, -0.15) is 5.26 Å². The summed E-state index contributed by atoms with van der Waals surface area (Å²) in [5.41, 5.74) is 1.14. The summed E-state index contributed by atoms with van der Waals surface area (Å²) in [5.74, 6) is -0.643. The van der Waals surface area contributed by atoms with Crippen molar-refractivity contribution in [1.29, 1.82) is 5.26 Å². The highest BCUT2D eigenvalue weighted by Gasteiger charge is 2.13. The number of urea groups is 1. The molecule has 5 nitrogen and oxygen atoms in total. The van der Waals surface area contributed by atoms with Gasteiger partial charge in [0.15, 0.2) is 0 Å². The molecule has 0 bridgehead atoms. The zero-order valence-corrected chi connectivity index (χ0v) is 12.3. The third-order valence-corrected chi connectivity index (χ3v) is 3.23. The first-order valence-electron chi connectivity index (χ1n) is 7.04. The molecule has 3 N–H and O–H groups in total. The standard InChI is InChI=1S/C17H16FN3O2/c18-16-7-6-14(9-13(16)10-19)20-17(23)21-15(11-22)8-12-4-2-1-3-5-12/h1-7,9,15,22H,8,11H2,(H2,20,21,23). The number of carbonyl (C=O) groups excluding carboxylic acids is 1. The van der Waals surface area contributed by atoms with Crippen molar-refractivity contribution in [3.05, 3.63) is 65.5 Å². The summed E-state index contributed by atoms with van der Waals surface area (Å²) in [5, 5.41) is 23.3. The van der Waals surface area contributed by atoms with Gasteiger partial charge in [-0.3, -0.25) is 0 Å². The third kappa shape index (κ3) is 4.80. The maximum Gasteiger partial charge on any atom is 0.319 e. The van der Waals surface area contributed by atoms with Gasteiger partial charge in [-0.05, 0) is 30.2 Å². The molecule has 0 aliphatic carbocycles. The van der Waals surface area contributed by atoms with E-state index in [2.05, 4.69) is 10.6 Å². The van der Waals surface area contributed by atoms with Crippen LogP contribution in [-0.2, 0) is 6.42 Å². The van der Waals surface area contributed by atoms with E-state index in [1.807, 2.05) is 30.3 Å². The predicted octanol–water partition coefficient (Wildman–Crippen LogP) is 2.42. The Hall–Kier alpha value is -2.91. The van der Waals surface area contributed by atoms with Crippen LogP contribution in [0.2, 0.25) is 0 Å². The first-order chi connectivity index (χ1) is 11.1. The third-order valence-electron chi connectivity index (χ3n) is 3.23. The largest absolute Gasteiger partial charge is 0.394 e. The molecule has 2 aromatic carbocycles. The van der Waals surface area contributed by atoms with Crippen molar-refractivity contribution in [3.8, 4) is 6.07 Å². The lowest BCUT2D eigenvalue weighted by Gasteiger charge is -2.17. The van der Waals surface area contributed by atoms with Gasteiger partial charge < -0.3 is 15.7 Å². The van der Waals surface area contributed by atoms with E-state index >= 15 is 0 Å². The smallest absolute Gasteiger partial charge is 0.319 e. The molecular weight excluding hydrogens is 297 g/mol. The Morgan fingerprint density at radius 2 is 2.00 bits per heavy atom. The van der Waals surface area contributed by atoms with Crippen molar-refractivity contribution in [3.63, 3.8) is 0 Å². The molecule has 1 atom stereocenters. The van der Waals surface area contributed by atoms with Crippen molar-refractivity contribution in [2.24, 2.45) is 0 Å². The SMILES string of the molecule is N#Cc1cc(NC(=O)NC(CO)Cc2ccccc2)ccc1F. The molecule has 2 amide bonds. The van der Waals surface area contributed by atoms with Crippen LogP contribution in [0.1, 0.15) is 11.1 Å². The number of benzene rings is 2. The number of aliphatic hydroxyl groups excluding tert-OH is 1. The van der Waals surface area contributed by atoms with Crippen LogP contribution in [0.4, 0.5) is 14.9 Å². The molecule has 0 fully saturated rings. The van der Waals surface area contributed by atoms with E-state index in [-0.39, 0.29) is 12.2 Å². The molecule has 0 heterocycles. The maximum atomic E-state index is 13.2. The number of aliphatic hydroxyl groups is 1. The van der Waals surface area contributed by atoms with Crippen LogP contribution >= 0.6 is 0 Å². The summed E-state index contributed by atoms with van der Waals surface area (Å²) < 4.78 is 13.2. The summed E-state index contributed by atoms with van der Waals surface area (Å²) in [4.78, 5) is 11.9. The Bertz CT molecular complexity index is 714. The lowest BCUT2D eigenvalue weighted by atomic mass is 10.1. The van der Waals surface area contributed by atoms with Gasteiger partial charge in [-0.25, -0.2) is 9.18 Å². The molecule has 0 aromatic heterocycles. The Morgan fingerprint density at radius 1 is 1.26 bits per heavy atom. The number of hydrogen-bond donors (Lipinski definition) is 3. The van der Waals surface area contributed by atoms with Crippen LogP contribution in [-0.4, -0.2) is 23.8 Å². The first-order valence-corrected chi connectivity index (χ1v) is 7.04. The fraction of sp³-hybridized carbons (Fsp3) is 0.176. The van der Waals surface area contributed by atoms with Crippen molar-refractivity contribution in [2.45, 2.75) is 12.5 Å². The molecule has 0 saturated carbocycles. The number of rotatable bonds is 5. The van der Waals surface area contributed by atoms with Gasteiger partial charge in [-0.1, -0.05) is 30.3 Å². The van der Waals surface area contributed by atoms with Crippen LogP contribution < -0.4 is 10.6 Å². The molecule has 118 valence electrons. The minimum absolute atomic E-state index is 0.147. The summed E-state index contributed by atoms with van der Waals surface area (Å²) in [6, 6.07) is 13.9. The molecular formula is C17H16FN3O2. The number of nitrogens with one attached hydrogen (secondary N) is 2. The second-order valence-electron chi connectivity index (χ2n) is 4.97. The van der Waals surface area contributed by atoms with Gasteiger partial charge >= 0.3 is 6.03 Å². The number of hydrogen-bond acceptors (Lipinski definition) is 3. The average Bonchev–Trinajstić information content (AvgIpc) is 2.57. The topological polar surface area (TPSA) is 85.2 Å². The van der Waals surface area contributed by atoms with Crippen LogP contribution in [0.25, 0.3) is 0 Å². The van der Waals surface area contributed by atoms with Crippen LogP contribution in [0.5, 0.6) is 0 Å². The zero-order chi connectivity index (χ0) is 16.7. The Labute approximate surface area is 133 Å². The van der Waals surface area contributed by atoms with Crippen molar-refractivity contribution in [1.82, 2.24) is 5.32 Å². The van der Waals surface area contributed by atoms with Gasteiger partial charge in [0.2, 0.25) is 0 Å². The summed E-state index contributed by atoms with van der Waals surface area (Å²) in [7, 11) is 0. The fourth-order valence-electron chi connectivity index (χ4n) is 2.10. The highest BCUT2D eigenvalue weighted by molar-refractivity contribution is 5.89. The van der Waals surface area contributed by atoms with Gasteiger partial charge in [0, 0.05) is 5.69 Å². The van der Waals surface area contributed by atoms with E-state index in [4.69, 9.17) is 5.26 Å². The summed E-state index contributed by atoms with van der Waals surface area (Å²) in [6.07, 6.45) is 0.484. The second-order valence-corrected chi connectivity index (χ2v) is 4.97. The van der Waals surface area contributed by atoms with Crippen LogP contribution in [0.3, 0.4) is 0 Å². The normalized spacial score (nSPS) is 11.3. The number of amides is 2. The molecule has 0 aliphatic heterocycles. The lowest BCUT2D eigenvalue weighted by Crippen LogP contribution is -2.41. The molecule has 6 heteroatoms. The molecule has 0 saturated heterocycles. The Morgan fingerprint density at radius 3 is 2.65 bits per heavy atom. The number of halogens is 1. The molecule has 0 radical (unpaired) electrons. The maximum absolute atomic E-state index is 13.2. The van der Waals surface area contributed by atoms with E-state index in [0.717, 1.165) is 11.6 Å². The molecule has 0 spiro atoms. The van der Waals surface area contributed by atoms with Crippen molar-refractivity contribution < 1.29 is 14.3 Å². The average molecular weight is 313 g/mol. The second kappa shape index (κ2) is 7.92. The highest BCUT2D eigenvalue weighted by atomic mass is 19.1. The van der Waals surface area contributed by atoms with Crippen LogP contribution in [0, 0.1) is 17.1 Å². The molecule has 2 rings (SSSR count). The monoisotopic (exact) mass is 313 g/mol. The highest BCUT2D eigenvalue weighted by Crippen LogP contribution is 2.13. The van der Waals surface area contributed by atoms with Gasteiger partial charge in [-0.15, -0.1) is 0 Å². The van der Waals surface area contributed by atoms with Gasteiger partial charge in [0.05, 0.1) is 18.2 Å². The van der Waals surface area contributed by atoms with Gasteiger partial charge in [0.1, 0.15) is 11.9 Å². The molecule has 2 aromatic rings. The molecule has 23 heavy (non-hydrogen) atoms. The summed E-state index contributed by atoms with van der Waals surface area (Å²) >= 11 is 0. The van der Waals surface area contributed by atoms with E-state index in [1.165, 1.54) is 12.1 Å². The van der Waals surface area contributed by atoms with Crippen molar-refractivity contribution in [2.75, 3.05) is 11.9 Å². The fourth-order valence-corrected chi connectivity index (χ4v) is 2.10. The minimum atomic E-state index is -0.643. The Balaban J connectivity index is 1.96. The molecule has 0 aliphatic rings. The van der Waals surface area contributed by atoms with E-state index < -0.39 is 17.9 Å². The van der Waals surface area contributed by atoms with Crippen molar-refractivity contribution >= 4 is 11.7 Å². The number of anilines is 1. The first kappa shape index (κ1) is 16.5. The zero-order valence-electron chi connectivity index (χ0n) is 12.3.